The maximum atomic E-state index is 13.3. The van der Waals surface area contributed by atoms with Crippen LogP contribution in [0.5, 0.6) is 0 Å². The number of hydrogen-bond donors (Lipinski definition) is 1. The van der Waals surface area contributed by atoms with Gasteiger partial charge in [0.15, 0.2) is 5.13 Å². The molecule has 3 heterocycles. The second-order valence-corrected chi connectivity index (χ2v) is 10.9. The number of aromatic nitrogens is 1. The third-order valence-electron chi connectivity index (χ3n) is 5.94. The minimum atomic E-state index is -3.72. The van der Waals surface area contributed by atoms with Crippen LogP contribution in [0.15, 0.2) is 77.0 Å². The minimum Gasteiger partial charge on any atom is -0.369 e. The number of carbonyl (C=O) groups excluding carboxylic acids is 1. The molecule has 1 N–H and O–H groups in total. The van der Waals surface area contributed by atoms with Crippen LogP contribution in [0, 0.1) is 0 Å². The van der Waals surface area contributed by atoms with E-state index in [1.165, 1.54) is 39.9 Å². The van der Waals surface area contributed by atoms with Crippen LogP contribution in [0.4, 0.5) is 10.8 Å². The molecule has 3 aromatic rings. The Morgan fingerprint density at radius 3 is 2.71 bits per heavy atom. The topological polar surface area (TPSA) is 82.6 Å². The van der Waals surface area contributed by atoms with Crippen LogP contribution < -0.4 is 9.62 Å². The van der Waals surface area contributed by atoms with Crippen LogP contribution in [0.2, 0.25) is 0 Å². The minimum absolute atomic E-state index is 0.164. The van der Waals surface area contributed by atoms with Gasteiger partial charge in [-0.2, -0.15) is 0 Å². The molecule has 2 aliphatic heterocycles. The molecule has 0 saturated carbocycles. The van der Waals surface area contributed by atoms with Crippen molar-refractivity contribution >= 4 is 43.8 Å². The molecule has 34 heavy (non-hydrogen) atoms. The van der Waals surface area contributed by atoms with Crippen molar-refractivity contribution in [1.82, 2.24) is 9.88 Å². The summed E-state index contributed by atoms with van der Waals surface area (Å²) in [6.07, 6.45) is 7.68. The number of para-hydroxylation sites is 1. The number of likely N-dealkylation sites (N-methyl/N-ethyl adjacent to an activating group) is 1. The number of allylic oxidation sites excluding steroid dienone is 2. The zero-order valence-electron chi connectivity index (χ0n) is 18.6. The van der Waals surface area contributed by atoms with E-state index in [4.69, 9.17) is 0 Å². The van der Waals surface area contributed by atoms with Crippen LogP contribution in [-0.4, -0.2) is 44.3 Å². The van der Waals surface area contributed by atoms with E-state index in [-0.39, 0.29) is 10.8 Å². The Bertz CT molecular complexity index is 1390. The van der Waals surface area contributed by atoms with E-state index in [1.54, 1.807) is 0 Å². The number of sulfonamides is 1. The number of carbonyl (C=O) groups is 1. The Labute approximate surface area is 203 Å². The second kappa shape index (κ2) is 9.08. The molecular formula is C25H24N4O3S2. The molecular weight excluding hydrogens is 468 g/mol. The second-order valence-electron chi connectivity index (χ2n) is 8.19. The lowest BCUT2D eigenvalue weighted by Crippen LogP contribution is -2.35. The van der Waals surface area contributed by atoms with Crippen molar-refractivity contribution in [3.8, 4) is 0 Å². The zero-order valence-corrected chi connectivity index (χ0v) is 20.3. The van der Waals surface area contributed by atoms with Crippen molar-refractivity contribution in [3.63, 3.8) is 0 Å². The fourth-order valence-electron chi connectivity index (χ4n) is 4.16. The number of nitrogens with one attached hydrogen (secondary N) is 1. The molecule has 0 spiro atoms. The van der Waals surface area contributed by atoms with Gasteiger partial charge >= 0.3 is 0 Å². The molecule has 0 atom stereocenters. The SMILES string of the molecule is CN1CC=CC=C1c1csc(NC(=O)c2ccc(S(=O)(=O)N3CCCc4ccccc43)cc2)n1. The third-order valence-corrected chi connectivity index (χ3v) is 8.53. The summed E-state index contributed by atoms with van der Waals surface area (Å²) in [5.41, 5.74) is 3.92. The molecule has 0 saturated heterocycles. The molecule has 0 fully saturated rings. The summed E-state index contributed by atoms with van der Waals surface area (Å²) in [6.45, 7) is 1.25. The number of aryl methyl sites for hydroxylation is 1. The number of thiazole rings is 1. The Hall–Kier alpha value is -3.43. The standard InChI is InChI=1S/C25H24N4O3S2/c1-28-15-5-4-10-23(28)21-17-33-25(26-21)27-24(30)19-11-13-20(14-12-19)34(31,32)29-16-6-8-18-7-2-3-9-22(18)29/h2-5,7,9-14,17H,6,8,15-16H2,1H3,(H,26,27,30). The summed E-state index contributed by atoms with van der Waals surface area (Å²) in [5.74, 6) is -0.334. The summed E-state index contributed by atoms with van der Waals surface area (Å²) in [5, 5.41) is 5.21. The van der Waals surface area contributed by atoms with Gasteiger partial charge in [0.2, 0.25) is 0 Å². The van der Waals surface area contributed by atoms with Gasteiger partial charge in [-0.05, 0) is 54.8 Å². The summed E-state index contributed by atoms with van der Waals surface area (Å²) in [6, 6.07) is 13.6. The molecule has 1 aromatic heterocycles. The number of rotatable bonds is 5. The first-order valence-electron chi connectivity index (χ1n) is 11.0. The highest BCUT2D eigenvalue weighted by Crippen LogP contribution is 2.32. The Kier molecular flexibility index (Phi) is 5.97. The van der Waals surface area contributed by atoms with E-state index >= 15 is 0 Å². The molecule has 0 unspecified atom stereocenters. The van der Waals surface area contributed by atoms with Gasteiger partial charge in [0.05, 0.1) is 22.0 Å². The molecule has 0 aliphatic carbocycles. The van der Waals surface area contributed by atoms with Gasteiger partial charge in [-0.1, -0.05) is 30.4 Å². The number of nitrogens with zero attached hydrogens (tertiary/aromatic N) is 3. The summed E-state index contributed by atoms with van der Waals surface area (Å²) in [4.78, 5) is 19.5. The molecule has 0 bridgehead atoms. The average molecular weight is 493 g/mol. The van der Waals surface area contributed by atoms with Crippen molar-refractivity contribution in [3.05, 3.63) is 89.0 Å². The van der Waals surface area contributed by atoms with Crippen LogP contribution in [0.1, 0.15) is 28.0 Å². The quantitative estimate of drug-likeness (QED) is 0.572. The van der Waals surface area contributed by atoms with Gasteiger partial charge < -0.3 is 4.90 Å². The van der Waals surface area contributed by atoms with Crippen LogP contribution in [-0.2, 0) is 16.4 Å². The molecule has 2 aromatic carbocycles. The number of hydrogen-bond acceptors (Lipinski definition) is 6. The summed E-state index contributed by atoms with van der Waals surface area (Å²) < 4.78 is 28.1. The van der Waals surface area contributed by atoms with Gasteiger partial charge in [0.1, 0.15) is 0 Å². The Morgan fingerprint density at radius 2 is 1.91 bits per heavy atom. The number of benzene rings is 2. The van der Waals surface area contributed by atoms with Crippen molar-refractivity contribution < 1.29 is 13.2 Å². The maximum absolute atomic E-state index is 13.3. The van der Waals surface area contributed by atoms with E-state index in [2.05, 4.69) is 21.3 Å². The van der Waals surface area contributed by atoms with Gasteiger partial charge in [-0.15, -0.1) is 11.3 Å². The van der Waals surface area contributed by atoms with Crippen LogP contribution in [0.25, 0.3) is 5.70 Å². The van der Waals surface area contributed by atoms with Crippen molar-refractivity contribution in [2.24, 2.45) is 0 Å². The molecule has 2 aliphatic rings. The molecule has 1 amide bonds. The number of anilines is 2. The highest BCUT2D eigenvalue weighted by molar-refractivity contribution is 7.92. The first-order valence-corrected chi connectivity index (χ1v) is 13.3. The highest BCUT2D eigenvalue weighted by Gasteiger charge is 2.29. The van der Waals surface area contributed by atoms with E-state index in [0.29, 0.717) is 17.2 Å². The zero-order chi connectivity index (χ0) is 23.7. The van der Waals surface area contributed by atoms with E-state index in [1.807, 2.05) is 48.8 Å². The summed E-state index contributed by atoms with van der Waals surface area (Å²) >= 11 is 1.35. The average Bonchev–Trinajstić information content (AvgIpc) is 3.32. The predicted molar refractivity (Wildman–Crippen MR) is 136 cm³/mol. The first-order chi connectivity index (χ1) is 16.4. The monoisotopic (exact) mass is 492 g/mol. The van der Waals surface area contributed by atoms with Gasteiger partial charge in [0, 0.05) is 31.1 Å². The summed E-state index contributed by atoms with van der Waals surface area (Å²) in [7, 11) is -1.73. The van der Waals surface area contributed by atoms with Crippen molar-refractivity contribution in [2.45, 2.75) is 17.7 Å². The normalized spacial score (nSPS) is 15.6. The number of amides is 1. The largest absolute Gasteiger partial charge is 0.369 e. The Morgan fingerprint density at radius 1 is 1.12 bits per heavy atom. The lowest BCUT2D eigenvalue weighted by atomic mass is 10.0. The Balaban J connectivity index is 1.31. The highest BCUT2D eigenvalue weighted by atomic mass is 32.2. The van der Waals surface area contributed by atoms with E-state index in [0.717, 1.165) is 42.0 Å². The number of fused-ring (bicyclic) bond motifs is 1. The molecule has 174 valence electrons. The van der Waals surface area contributed by atoms with E-state index in [9.17, 15) is 13.2 Å². The fourth-order valence-corrected chi connectivity index (χ4v) is 6.40. The molecule has 9 heteroatoms. The molecule has 5 rings (SSSR count). The van der Waals surface area contributed by atoms with Gasteiger partial charge in [-0.3, -0.25) is 14.4 Å². The fraction of sp³-hybridized carbons (Fsp3) is 0.200. The van der Waals surface area contributed by atoms with Crippen LogP contribution in [0.3, 0.4) is 0 Å². The lowest BCUT2D eigenvalue weighted by Gasteiger charge is -2.30. The predicted octanol–water partition coefficient (Wildman–Crippen LogP) is 4.38. The first kappa shape index (κ1) is 22.4. The van der Waals surface area contributed by atoms with Crippen LogP contribution >= 0.6 is 11.3 Å². The van der Waals surface area contributed by atoms with Crippen molar-refractivity contribution in [2.75, 3.05) is 29.8 Å². The molecule has 7 nitrogen and oxygen atoms in total. The van der Waals surface area contributed by atoms with Gasteiger partial charge in [0.25, 0.3) is 15.9 Å². The lowest BCUT2D eigenvalue weighted by molar-refractivity contribution is 0.102. The van der Waals surface area contributed by atoms with E-state index < -0.39 is 10.0 Å². The van der Waals surface area contributed by atoms with Gasteiger partial charge in [-0.25, -0.2) is 13.4 Å². The molecule has 0 radical (unpaired) electrons. The van der Waals surface area contributed by atoms with Crippen molar-refractivity contribution in [1.29, 1.82) is 0 Å². The smallest absolute Gasteiger partial charge is 0.264 e. The maximum Gasteiger partial charge on any atom is 0.264 e. The third kappa shape index (κ3) is 4.24.